The van der Waals surface area contributed by atoms with E-state index >= 15 is 0 Å². The van der Waals surface area contributed by atoms with E-state index in [0.29, 0.717) is 32.2 Å². The molecule has 1 atom stereocenters. The lowest BCUT2D eigenvalue weighted by atomic mass is 10.0. The maximum atomic E-state index is 13.7. The topological polar surface area (TPSA) is 93.2 Å². The molecule has 0 saturated carbocycles. The second-order valence-corrected chi connectivity index (χ2v) is 13.4. The smallest absolute Gasteiger partial charge is 0.243 e. The first-order chi connectivity index (χ1) is 17.2. The van der Waals surface area contributed by atoms with Gasteiger partial charge in [0.2, 0.25) is 20.0 Å². The van der Waals surface area contributed by atoms with Gasteiger partial charge in [0.1, 0.15) is 5.75 Å². The largest absolute Gasteiger partial charge is 0.494 e. The van der Waals surface area contributed by atoms with Crippen LogP contribution in [-0.4, -0.2) is 64.4 Å². The number of sulfonamides is 2. The maximum Gasteiger partial charge on any atom is 0.243 e. The van der Waals surface area contributed by atoms with E-state index in [1.165, 1.54) is 32.9 Å². The van der Waals surface area contributed by atoms with Crippen LogP contribution in [-0.2, 0) is 31.3 Å². The minimum Gasteiger partial charge on any atom is -0.494 e. The molecule has 0 N–H and O–H groups in total. The third kappa shape index (κ3) is 6.28. The Hall–Kier alpha value is -1.98. The van der Waals surface area contributed by atoms with E-state index in [-0.39, 0.29) is 29.0 Å². The van der Waals surface area contributed by atoms with Gasteiger partial charge in [0, 0.05) is 32.8 Å². The van der Waals surface area contributed by atoms with Crippen LogP contribution in [0.25, 0.3) is 0 Å². The Labute approximate surface area is 215 Å². The van der Waals surface area contributed by atoms with Crippen molar-refractivity contribution in [3.8, 4) is 5.75 Å². The number of ether oxygens (including phenoxy) is 2. The van der Waals surface area contributed by atoms with Crippen molar-refractivity contribution in [2.75, 3.05) is 32.8 Å². The van der Waals surface area contributed by atoms with Gasteiger partial charge in [0.15, 0.2) is 0 Å². The first-order valence-electron chi connectivity index (χ1n) is 12.6. The zero-order chi connectivity index (χ0) is 25.8. The Morgan fingerprint density at radius 3 is 2.17 bits per heavy atom. The van der Waals surface area contributed by atoms with Crippen LogP contribution in [0, 0.1) is 5.92 Å². The maximum absolute atomic E-state index is 13.7. The highest BCUT2D eigenvalue weighted by Crippen LogP contribution is 2.27. The van der Waals surface area contributed by atoms with Gasteiger partial charge in [-0.05, 0) is 80.5 Å². The van der Waals surface area contributed by atoms with Crippen LogP contribution < -0.4 is 4.74 Å². The van der Waals surface area contributed by atoms with Gasteiger partial charge in [-0.2, -0.15) is 8.61 Å². The Kier molecular flexibility index (Phi) is 8.72. The molecule has 2 fully saturated rings. The molecular formula is C26H36N2O6S2. The van der Waals surface area contributed by atoms with Crippen LogP contribution in [0.15, 0.2) is 58.3 Å². The average Bonchev–Trinajstić information content (AvgIpc) is 3.38. The summed E-state index contributed by atoms with van der Waals surface area (Å²) in [6, 6.07) is 13.0. The number of hydrogen-bond acceptors (Lipinski definition) is 6. The highest BCUT2D eigenvalue weighted by Gasteiger charge is 2.31. The van der Waals surface area contributed by atoms with Crippen LogP contribution >= 0.6 is 0 Å². The molecule has 2 saturated heterocycles. The van der Waals surface area contributed by atoms with Gasteiger partial charge >= 0.3 is 0 Å². The Morgan fingerprint density at radius 1 is 0.944 bits per heavy atom. The van der Waals surface area contributed by atoms with Crippen molar-refractivity contribution in [2.24, 2.45) is 5.92 Å². The lowest BCUT2D eigenvalue weighted by Gasteiger charge is -2.29. The molecule has 2 aliphatic rings. The summed E-state index contributed by atoms with van der Waals surface area (Å²) in [5.74, 6) is 1.24. The Morgan fingerprint density at radius 2 is 1.58 bits per heavy atom. The van der Waals surface area contributed by atoms with E-state index in [1.807, 2.05) is 31.2 Å². The van der Waals surface area contributed by atoms with E-state index < -0.39 is 20.0 Å². The highest BCUT2D eigenvalue weighted by molar-refractivity contribution is 7.89. The number of hydrogen-bond donors (Lipinski definition) is 0. The molecule has 8 nitrogen and oxygen atoms in total. The van der Waals surface area contributed by atoms with E-state index in [1.54, 1.807) is 0 Å². The SMILES string of the molecule is CCOc1ccc(CN(C[C@H]2CCCO2)S(=O)(=O)c2ccc(S(=O)(=O)N3CCC(C)CC3)cc2)cc1. The second-order valence-electron chi connectivity index (χ2n) is 9.57. The first kappa shape index (κ1) is 27.1. The zero-order valence-electron chi connectivity index (χ0n) is 21.0. The van der Waals surface area contributed by atoms with E-state index in [0.717, 1.165) is 37.0 Å². The van der Waals surface area contributed by atoms with Crippen LogP contribution in [0.1, 0.15) is 45.1 Å². The van der Waals surface area contributed by atoms with E-state index in [9.17, 15) is 16.8 Å². The van der Waals surface area contributed by atoms with Crippen molar-refractivity contribution >= 4 is 20.0 Å². The summed E-state index contributed by atoms with van der Waals surface area (Å²) in [7, 11) is -7.54. The highest BCUT2D eigenvalue weighted by atomic mass is 32.2. The third-order valence-electron chi connectivity index (χ3n) is 6.87. The van der Waals surface area contributed by atoms with Gasteiger partial charge in [-0.1, -0.05) is 19.1 Å². The second kappa shape index (κ2) is 11.6. The summed E-state index contributed by atoms with van der Waals surface area (Å²) in [6.45, 7) is 6.61. The van der Waals surface area contributed by atoms with Crippen LogP contribution in [0.2, 0.25) is 0 Å². The van der Waals surface area contributed by atoms with Gasteiger partial charge in [-0.3, -0.25) is 0 Å². The van der Waals surface area contributed by atoms with E-state index in [4.69, 9.17) is 9.47 Å². The van der Waals surface area contributed by atoms with Gasteiger partial charge < -0.3 is 9.47 Å². The molecule has 0 bridgehead atoms. The van der Waals surface area contributed by atoms with Crippen molar-refractivity contribution in [1.82, 2.24) is 8.61 Å². The average molecular weight is 537 g/mol. The molecule has 2 aliphatic heterocycles. The van der Waals surface area contributed by atoms with Crippen LogP contribution in [0.3, 0.4) is 0 Å². The molecule has 0 spiro atoms. The Balaban J connectivity index is 1.55. The molecule has 0 unspecified atom stereocenters. The van der Waals surface area contributed by atoms with Crippen molar-refractivity contribution < 1.29 is 26.3 Å². The van der Waals surface area contributed by atoms with Crippen molar-refractivity contribution in [3.63, 3.8) is 0 Å². The van der Waals surface area contributed by atoms with Gasteiger partial charge in [-0.25, -0.2) is 16.8 Å². The molecule has 36 heavy (non-hydrogen) atoms. The Bertz CT molecular complexity index is 1200. The van der Waals surface area contributed by atoms with Crippen molar-refractivity contribution in [1.29, 1.82) is 0 Å². The lowest BCUT2D eigenvalue weighted by molar-refractivity contribution is 0.0926. The monoisotopic (exact) mass is 536 g/mol. The van der Waals surface area contributed by atoms with Crippen molar-refractivity contribution in [2.45, 2.75) is 62.0 Å². The fourth-order valence-electron chi connectivity index (χ4n) is 4.63. The molecule has 2 aromatic rings. The normalized spacial score (nSPS) is 20.1. The van der Waals surface area contributed by atoms with Crippen molar-refractivity contribution in [3.05, 3.63) is 54.1 Å². The third-order valence-corrected chi connectivity index (χ3v) is 10.6. The van der Waals surface area contributed by atoms with Gasteiger partial charge in [0.25, 0.3) is 0 Å². The number of nitrogens with zero attached hydrogens (tertiary/aromatic N) is 2. The summed E-state index contributed by atoms with van der Waals surface area (Å²) in [5.41, 5.74) is 0.832. The van der Waals surface area contributed by atoms with Crippen LogP contribution in [0.4, 0.5) is 0 Å². The quantitative estimate of drug-likeness (QED) is 0.458. The molecule has 0 aliphatic carbocycles. The fraction of sp³-hybridized carbons (Fsp3) is 0.538. The van der Waals surface area contributed by atoms with E-state index in [2.05, 4.69) is 6.92 Å². The number of rotatable bonds is 10. The standard InChI is InChI=1S/C26H36N2O6S2/c1-3-33-23-8-6-22(7-9-23)19-28(20-24-5-4-18-34-24)36(31,32)26-12-10-25(11-13-26)35(29,30)27-16-14-21(2)15-17-27/h6-13,21,24H,3-5,14-20H2,1-2H3/t24-/m1/s1. The lowest BCUT2D eigenvalue weighted by Crippen LogP contribution is -2.38. The minimum absolute atomic E-state index is 0.0673. The molecule has 2 heterocycles. The molecule has 0 radical (unpaired) electrons. The van der Waals surface area contributed by atoms with Gasteiger partial charge in [0.05, 0.1) is 22.5 Å². The summed E-state index contributed by atoms with van der Waals surface area (Å²) in [4.78, 5) is 0.186. The number of piperidine rings is 1. The fourth-order valence-corrected chi connectivity index (χ4v) is 7.56. The first-order valence-corrected chi connectivity index (χ1v) is 15.5. The van der Waals surface area contributed by atoms with Crippen LogP contribution in [0.5, 0.6) is 5.75 Å². The molecule has 10 heteroatoms. The summed E-state index contributed by atoms with van der Waals surface area (Å²) in [6.07, 6.45) is 3.21. The molecule has 0 amide bonds. The molecule has 198 valence electrons. The minimum atomic E-state index is -3.89. The number of benzene rings is 2. The predicted octanol–water partition coefficient (Wildman–Crippen LogP) is 3.88. The molecular weight excluding hydrogens is 500 g/mol. The predicted molar refractivity (Wildman–Crippen MR) is 138 cm³/mol. The molecule has 4 rings (SSSR count). The summed E-state index contributed by atoms with van der Waals surface area (Å²) >= 11 is 0. The zero-order valence-corrected chi connectivity index (χ0v) is 22.6. The molecule has 0 aromatic heterocycles. The van der Waals surface area contributed by atoms with Gasteiger partial charge in [-0.15, -0.1) is 0 Å². The summed E-state index contributed by atoms with van der Waals surface area (Å²) < 4.78 is 67.6. The molecule has 2 aromatic carbocycles. The summed E-state index contributed by atoms with van der Waals surface area (Å²) in [5, 5.41) is 0.